The highest BCUT2D eigenvalue weighted by Crippen LogP contribution is 2.37. The molecule has 0 aliphatic heterocycles. The summed E-state index contributed by atoms with van der Waals surface area (Å²) in [6, 6.07) is 3.67. The van der Waals surface area contributed by atoms with Gasteiger partial charge in [-0.3, -0.25) is 0 Å². The van der Waals surface area contributed by atoms with Gasteiger partial charge in [0.1, 0.15) is 0 Å². The predicted molar refractivity (Wildman–Crippen MR) is 59.3 cm³/mol. The van der Waals surface area contributed by atoms with Crippen LogP contribution in [0.15, 0.2) is 18.3 Å². The monoisotopic (exact) mass is 222 g/mol. The van der Waals surface area contributed by atoms with Gasteiger partial charge in [-0.25, -0.2) is 4.52 Å². The summed E-state index contributed by atoms with van der Waals surface area (Å²) >= 11 is 5.86. The fraction of sp³-hybridized carbons (Fsp3) is 0.400. The highest BCUT2D eigenvalue weighted by molar-refractivity contribution is 6.30. The Labute approximate surface area is 92.3 Å². The molecule has 0 spiro atoms. The second-order valence-electron chi connectivity index (χ2n) is 4.27. The maximum absolute atomic E-state index is 5.86. The van der Waals surface area contributed by atoms with Gasteiger partial charge in [0.05, 0.1) is 5.02 Å². The van der Waals surface area contributed by atoms with Crippen molar-refractivity contribution >= 4 is 23.2 Å². The van der Waals surface area contributed by atoms with Gasteiger partial charge in [-0.1, -0.05) is 11.6 Å². The van der Waals surface area contributed by atoms with Crippen LogP contribution in [0.2, 0.25) is 5.02 Å². The molecule has 0 atom stereocenters. The zero-order valence-electron chi connectivity index (χ0n) is 8.37. The predicted octanol–water partition coefficient (Wildman–Crippen LogP) is 2.35. The molecule has 15 heavy (non-hydrogen) atoms. The summed E-state index contributed by atoms with van der Waals surface area (Å²) in [7, 11) is 0. The number of aromatic nitrogens is 3. The van der Waals surface area contributed by atoms with Crippen molar-refractivity contribution in [1.29, 1.82) is 0 Å². The smallest absolute Gasteiger partial charge is 0.243 e. The molecular formula is C10H11ClN4. The number of nitrogens with one attached hydrogen (secondary N) is 1. The molecule has 0 saturated heterocycles. The Morgan fingerprint density at radius 1 is 1.47 bits per heavy atom. The van der Waals surface area contributed by atoms with Crippen LogP contribution >= 0.6 is 11.6 Å². The van der Waals surface area contributed by atoms with Gasteiger partial charge in [0.15, 0.2) is 5.65 Å². The van der Waals surface area contributed by atoms with Gasteiger partial charge in [-0.15, -0.1) is 5.10 Å². The minimum atomic E-state index is 0.203. The average Bonchev–Trinajstić information content (AvgIpc) is 2.76. The zero-order valence-corrected chi connectivity index (χ0v) is 9.12. The van der Waals surface area contributed by atoms with Crippen molar-refractivity contribution in [1.82, 2.24) is 14.6 Å². The molecule has 3 rings (SSSR count). The van der Waals surface area contributed by atoms with Crippen LogP contribution in [0.5, 0.6) is 0 Å². The molecule has 2 heterocycles. The Kier molecular flexibility index (Phi) is 1.71. The van der Waals surface area contributed by atoms with Crippen LogP contribution in [0.4, 0.5) is 5.95 Å². The van der Waals surface area contributed by atoms with E-state index in [1.807, 2.05) is 12.1 Å². The van der Waals surface area contributed by atoms with Crippen LogP contribution in [0.25, 0.3) is 5.65 Å². The van der Waals surface area contributed by atoms with Gasteiger partial charge in [-0.05, 0) is 31.9 Å². The standard InChI is InChI=1S/C10H11ClN4/c1-10(4-5-10)13-9-12-8-3-2-7(11)6-15(8)14-9/h2-3,6H,4-5H2,1H3,(H,13,14). The number of nitrogens with zero attached hydrogens (tertiary/aromatic N) is 3. The lowest BCUT2D eigenvalue weighted by Gasteiger charge is -2.07. The lowest BCUT2D eigenvalue weighted by Crippen LogP contribution is -2.16. The molecule has 0 unspecified atom stereocenters. The van der Waals surface area contributed by atoms with Crippen molar-refractivity contribution in [3.8, 4) is 0 Å². The molecule has 0 bridgehead atoms. The molecule has 0 aromatic carbocycles. The number of halogens is 1. The SMILES string of the molecule is CC1(Nc2nc3ccc(Cl)cn3n2)CC1. The third kappa shape index (κ3) is 1.65. The summed E-state index contributed by atoms with van der Waals surface area (Å²) in [5.74, 6) is 0.678. The van der Waals surface area contributed by atoms with E-state index in [4.69, 9.17) is 11.6 Å². The quantitative estimate of drug-likeness (QED) is 0.848. The third-order valence-corrected chi connectivity index (χ3v) is 2.93. The van der Waals surface area contributed by atoms with Gasteiger partial charge in [-0.2, -0.15) is 4.98 Å². The van der Waals surface area contributed by atoms with Crippen molar-refractivity contribution in [2.45, 2.75) is 25.3 Å². The maximum Gasteiger partial charge on any atom is 0.243 e. The first-order chi connectivity index (χ1) is 7.15. The van der Waals surface area contributed by atoms with E-state index < -0.39 is 0 Å². The first kappa shape index (κ1) is 8.97. The fourth-order valence-corrected chi connectivity index (χ4v) is 1.65. The Morgan fingerprint density at radius 3 is 3.00 bits per heavy atom. The number of pyridine rings is 1. The topological polar surface area (TPSA) is 42.2 Å². The number of hydrogen-bond acceptors (Lipinski definition) is 3. The maximum atomic E-state index is 5.86. The lowest BCUT2D eigenvalue weighted by molar-refractivity contribution is 0.806. The first-order valence-electron chi connectivity index (χ1n) is 4.95. The Balaban J connectivity index is 1.99. The van der Waals surface area contributed by atoms with Crippen LogP contribution in [0.3, 0.4) is 0 Å². The third-order valence-electron chi connectivity index (χ3n) is 2.71. The molecule has 78 valence electrons. The minimum absolute atomic E-state index is 0.203. The molecular weight excluding hydrogens is 212 g/mol. The van der Waals surface area contributed by atoms with Gasteiger partial charge < -0.3 is 5.32 Å². The number of rotatable bonds is 2. The molecule has 1 N–H and O–H groups in total. The van der Waals surface area contributed by atoms with Crippen molar-refractivity contribution in [2.75, 3.05) is 5.32 Å². The molecule has 2 aromatic heterocycles. The molecule has 0 radical (unpaired) electrons. The van der Waals surface area contributed by atoms with Crippen LogP contribution in [0, 0.1) is 0 Å². The summed E-state index contributed by atoms with van der Waals surface area (Å²) in [5, 5.41) is 8.29. The largest absolute Gasteiger partial charge is 0.348 e. The van der Waals surface area contributed by atoms with Crippen LogP contribution < -0.4 is 5.32 Å². The first-order valence-corrected chi connectivity index (χ1v) is 5.33. The van der Waals surface area contributed by atoms with Crippen molar-refractivity contribution < 1.29 is 0 Å². The van der Waals surface area contributed by atoms with E-state index in [9.17, 15) is 0 Å². The van der Waals surface area contributed by atoms with Gasteiger partial charge >= 0.3 is 0 Å². The molecule has 1 aliphatic rings. The Hall–Kier alpha value is -1.29. The van der Waals surface area contributed by atoms with Gasteiger partial charge in [0.25, 0.3) is 0 Å². The van der Waals surface area contributed by atoms with Crippen LogP contribution in [-0.2, 0) is 0 Å². The van der Waals surface area contributed by atoms with Gasteiger partial charge in [0.2, 0.25) is 5.95 Å². The Bertz CT molecular complexity index is 515. The average molecular weight is 223 g/mol. The Morgan fingerprint density at radius 2 is 2.27 bits per heavy atom. The van der Waals surface area contributed by atoms with Crippen molar-refractivity contribution in [3.05, 3.63) is 23.4 Å². The summed E-state index contributed by atoms with van der Waals surface area (Å²) in [5.41, 5.74) is 1.01. The summed E-state index contributed by atoms with van der Waals surface area (Å²) in [4.78, 5) is 4.36. The normalized spacial score (nSPS) is 18.0. The van der Waals surface area contributed by atoms with E-state index in [1.165, 1.54) is 12.8 Å². The lowest BCUT2D eigenvalue weighted by atomic mass is 10.3. The van der Waals surface area contributed by atoms with Crippen LogP contribution in [0.1, 0.15) is 19.8 Å². The molecule has 2 aromatic rings. The molecule has 0 amide bonds. The summed E-state index contributed by atoms with van der Waals surface area (Å²) in [6.07, 6.45) is 4.12. The summed E-state index contributed by atoms with van der Waals surface area (Å²) in [6.45, 7) is 2.17. The molecule has 4 nitrogen and oxygen atoms in total. The summed E-state index contributed by atoms with van der Waals surface area (Å²) < 4.78 is 1.69. The molecule has 5 heteroatoms. The second kappa shape index (κ2) is 2.85. The second-order valence-corrected chi connectivity index (χ2v) is 4.71. The van der Waals surface area contributed by atoms with Gasteiger partial charge in [0, 0.05) is 11.7 Å². The molecule has 1 fully saturated rings. The van der Waals surface area contributed by atoms with E-state index >= 15 is 0 Å². The van der Waals surface area contributed by atoms with Crippen molar-refractivity contribution in [3.63, 3.8) is 0 Å². The van der Waals surface area contributed by atoms with E-state index in [2.05, 4.69) is 22.3 Å². The molecule has 1 aliphatic carbocycles. The van der Waals surface area contributed by atoms with E-state index in [0.29, 0.717) is 11.0 Å². The fourth-order valence-electron chi connectivity index (χ4n) is 1.49. The molecule has 1 saturated carbocycles. The highest BCUT2D eigenvalue weighted by atomic mass is 35.5. The zero-order chi connectivity index (χ0) is 10.5. The van der Waals surface area contributed by atoms with E-state index in [0.717, 1.165) is 5.65 Å². The minimum Gasteiger partial charge on any atom is -0.348 e. The number of fused-ring (bicyclic) bond motifs is 1. The van der Waals surface area contributed by atoms with Crippen LogP contribution in [-0.4, -0.2) is 20.1 Å². The van der Waals surface area contributed by atoms with E-state index in [1.54, 1.807) is 10.7 Å². The number of anilines is 1. The van der Waals surface area contributed by atoms with E-state index in [-0.39, 0.29) is 5.54 Å². The highest BCUT2D eigenvalue weighted by Gasteiger charge is 2.38. The van der Waals surface area contributed by atoms with Crippen molar-refractivity contribution in [2.24, 2.45) is 0 Å². The number of hydrogen-bond donors (Lipinski definition) is 1.